The fourth-order valence-electron chi connectivity index (χ4n) is 2.85. The van der Waals surface area contributed by atoms with Crippen molar-refractivity contribution < 1.29 is 4.92 Å². The summed E-state index contributed by atoms with van der Waals surface area (Å²) in [6, 6.07) is 2.04. The molecule has 2 atom stereocenters. The molecule has 0 aromatic carbocycles. The van der Waals surface area contributed by atoms with Gasteiger partial charge in [-0.3, -0.25) is 10.1 Å². The quantitative estimate of drug-likeness (QED) is 0.666. The van der Waals surface area contributed by atoms with Crippen LogP contribution >= 0.6 is 0 Å². The zero-order valence-corrected chi connectivity index (χ0v) is 11.4. The Morgan fingerprint density at radius 1 is 1.58 bits per heavy atom. The Kier molecular flexibility index (Phi) is 3.99. The molecule has 0 radical (unpaired) electrons. The van der Waals surface area contributed by atoms with E-state index in [9.17, 15) is 10.1 Å². The minimum absolute atomic E-state index is 0.106. The first kappa shape index (κ1) is 13.7. The van der Waals surface area contributed by atoms with E-state index in [-0.39, 0.29) is 22.7 Å². The summed E-state index contributed by atoms with van der Waals surface area (Å²) in [5, 5.41) is 11.3. The third-order valence-electron chi connectivity index (χ3n) is 3.83. The first-order valence-electron chi connectivity index (χ1n) is 6.64. The summed E-state index contributed by atoms with van der Waals surface area (Å²) in [5.74, 6) is 0.465. The molecular weight excluding hydrogens is 244 g/mol. The van der Waals surface area contributed by atoms with Gasteiger partial charge in [-0.2, -0.15) is 0 Å². The maximum atomic E-state index is 11.3. The molecule has 19 heavy (non-hydrogen) atoms. The van der Waals surface area contributed by atoms with Crippen LogP contribution in [-0.4, -0.2) is 28.5 Å². The minimum atomic E-state index is -0.341. The minimum Gasteiger partial charge on any atom is -0.344 e. The van der Waals surface area contributed by atoms with Gasteiger partial charge in [0.15, 0.2) is 0 Å². The van der Waals surface area contributed by atoms with Crippen molar-refractivity contribution in [1.82, 2.24) is 4.98 Å². The third-order valence-corrected chi connectivity index (χ3v) is 3.83. The molecule has 2 N–H and O–H groups in total. The second kappa shape index (κ2) is 5.52. The number of rotatable bonds is 3. The molecule has 0 aliphatic carbocycles. The number of aromatic nitrogens is 1. The van der Waals surface area contributed by atoms with E-state index < -0.39 is 0 Å². The molecule has 0 amide bonds. The number of piperidine rings is 1. The molecule has 1 aromatic rings. The third kappa shape index (κ3) is 2.53. The Hall–Kier alpha value is -1.69. The van der Waals surface area contributed by atoms with Gasteiger partial charge < -0.3 is 10.6 Å². The molecule has 2 unspecified atom stereocenters. The maximum absolute atomic E-state index is 11.3. The van der Waals surface area contributed by atoms with E-state index in [1.54, 1.807) is 19.2 Å². The van der Waals surface area contributed by atoms with Gasteiger partial charge >= 0.3 is 5.69 Å². The van der Waals surface area contributed by atoms with Crippen molar-refractivity contribution in [3.05, 3.63) is 27.9 Å². The number of aryl methyl sites for hydroxylation is 1. The highest BCUT2D eigenvalue weighted by molar-refractivity contribution is 5.62. The lowest BCUT2D eigenvalue weighted by Crippen LogP contribution is -2.49. The summed E-state index contributed by atoms with van der Waals surface area (Å²) in [6.45, 7) is 4.32. The number of nitrogens with zero attached hydrogens (tertiary/aromatic N) is 3. The van der Waals surface area contributed by atoms with Crippen molar-refractivity contribution in [2.75, 3.05) is 11.4 Å². The van der Waals surface area contributed by atoms with Gasteiger partial charge in [0.25, 0.3) is 0 Å². The van der Waals surface area contributed by atoms with Crippen LogP contribution in [0.5, 0.6) is 0 Å². The van der Waals surface area contributed by atoms with E-state index in [0.29, 0.717) is 17.9 Å². The largest absolute Gasteiger partial charge is 0.344 e. The molecule has 0 bridgehead atoms. The molecule has 1 saturated heterocycles. The van der Waals surface area contributed by atoms with Crippen LogP contribution in [-0.2, 0) is 0 Å². The van der Waals surface area contributed by atoms with Crippen molar-refractivity contribution in [3.63, 3.8) is 0 Å². The lowest BCUT2D eigenvalue weighted by Gasteiger charge is -2.40. The number of pyridine rings is 1. The smallest absolute Gasteiger partial charge is 0.314 e. The molecule has 1 aromatic heterocycles. The van der Waals surface area contributed by atoms with Crippen LogP contribution in [0.15, 0.2) is 12.3 Å². The predicted octanol–water partition coefficient (Wildman–Crippen LogP) is 2.00. The van der Waals surface area contributed by atoms with Crippen LogP contribution < -0.4 is 10.6 Å². The monoisotopic (exact) mass is 264 g/mol. The molecule has 1 aliphatic heterocycles. The molecule has 2 rings (SSSR count). The van der Waals surface area contributed by atoms with Crippen molar-refractivity contribution in [1.29, 1.82) is 0 Å². The highest BCUT2D eigenvalue weighted by atomic mass is 16.6. The lowest BCUT2D eigenvalue weighted by atomic mass is 9.96. The van der Waals surface area contributed by atoms with E-state index in [4.69, 9.17) is 5.73 Å². The van der Waals surface area contributed by atoms with Gasteiger partial charge in [0.05, 0.1) is 4.92 Å². The zero-order valence-electron chi connectivity index (χ0n) is 11.4. The van der Waals surface area contributed by atoms with Crippen molar-refractivity contribution in [3.8, 4) is 0 Å². The highest BCUT2D eigenvalue weighted by Gasteiger charge is 2.33. The van der Waals surface area contributed by atoms with E-state index in [1.165, 1.54) is 0 Å². The van der Waals surface area contributed by atoms with Crippen molar-refractivity contribution in [2.45, 2.75) is 45.2 Å². The van der Waals surface area contributed by atoms with E-state index >= 15 is 0 Å². The normalized spacial score (nSPS) is 23.4. The van der Waals surface area contributed by atoms with E-state index in [1.807, 2.05) is 4.90 Å². The van der Waals surface area contributed by atoms with Gasteiger partial charge in [0, 0.05) is 30.4 Å². The molecule has 1 aliphatic rings. The Labute approximate surface area is 112 Å². The number of hydrogen-bond donors (Lipinski definition) is 1. The van der Waals surface area contributed by atoms with E-state index in [2.05, 4.69) is 11.9 Å². The summed E-state index contributed by atoms with van der Waals surface area (Å²) in [7, 11) is 0. The first-order valence-corrected chi connectivity index (χ1v) is 6.64. The fourth-order valence-corrected chi connectivity index (χ4v) is 2.85. The molecule has 6 nitrogen and oxygen atoms in total. The van der Waals surface area contributed by atoms with Crippen molar-refractivity contribution in [2.24, 2.45) is 5.73 Å². The Balaban J connectivity index is 2.49. The lowest BCUT2D eigenvalue weighted by molar-refractivity contribution is -0.385. The topological polar surface area (TPSA) is 85.3 Å². The van der Waals surface area contributed by atoms with E-state index in [0.717, 1.165) is 19.3 Å². The SMILES string of the molecule is Cc1ccnc(N2C(C)CCCC2CN)c1[N+](=O)[O-]. The van der Waals surface area contributed by atoms with Gasteiger partial charge in [-0.25, -0.2) is 4.98 Å². The molecule has 6 heteroatoms. The van der Waals surface area contributed by atoms with Gasteiger partial charge in [-0.05, 0) is 39.2 Å². The first-order chi connectivity index (χ1) is 9.06. The molecule has 0 saturated carbocycles. The number of anilines is 1. The summed E-state index contributed by atoms with van der Waals surface area (Å²) in [6.07, 6.45) is 4.72. The molecule has 104 valence electrons. The van der Waals surface area contributed by atoms with Crippen LogP contribution in [0, 0.1) is 17.0 Å². The fraction of sp³-hybridized carbons (Fsp3) is 0.615. The average Bonchev–Trinajstić information content (AvgIpc) is 2.37. The van der Waals surface area contributed by atoms with Crippen molar-refractivity contribution >= 4 is 11.5 Å². The molecule has 0 spiro atoms. The Bertz CT molecular complexity index is 478. The Morgan fingerprint density at radius 2 is 2.32 bits per heavy atom. The number of nitrogens with two attached hydrogens (primary N) is 1. The molecular formula is C13H20N4O2. The van der Waals surface area contributed by atoms with Crippen LogP contribution in [0.4, 0.5) is 11.5 Å². The average molecular weight is 264 g/mol. The summed E-state index contributed by atoms with van der Waals surface area (Å²) in [5.41, 5.74) is 6.57. The van der Waals surface area contributed by atoms with Crippen LogP contribution in [0.2, 0.25) is 0 Å². The number of hydrogen-bond acceptors (Lipinski definition) is 5. The van der Waals surface area contributed by atoms with Crippen LogP contribution in [0.25, 0.3) is 0 Å². The predicted molar refractivity (Wildman–Crippen MR) is 74.3 cm³/mol. The summed E-state index contributed by atoms with van der Waals surface area (Å²) in [4.78, 5) is 17.3. The van der Waals surface area contributed by atoms with Gasteiger partial charge in [-0.1, -0.05) is 0 Å². The Morgan fingerprint density at radius 3 is 2.95 bits per heavy atom. The van der Waals surface area contributed by atoms with Gasteiger partial charge in [0.2, 0.25) is 5.82 Å². The molecule has 2 heterocycles. The second-order valence-electron chi connectivity index (χ2n) is 5.13. The highest BCUT2D eigenvalue weighted by Crippen LogP contribution is 2.35. The van der Waals surface area contributed by atoms with Crippen LogP contribution in [0.1, 0.15) is 31.7 Å². The standard InChI is InChI=1S/C13H20N4O2/c1-9-6-7-15-13(12(9)17(18)19)16-10(2)4-3-5-11(16)8-14/h6-7,10-11H,3-5,8,14H2,1-2H3. The maximum Gasteiger partial charge on any atom is 0.314 e. The number of nitro groups is 1. The summed E-state index contributed by atoms with van der Waals surface area (Å²) >= 11 is 0. The summed E-state index contributed by atoms with van der Waals surface area (Å²) < 4.78 is 0. The second-order valence-corrected chi connectivity index (χ2v) is 5.13. The van der Waals surface area contributed by atoms with Gasteiger partial charge in [-0.15, -0.1) is 0 Å². The molecule has 1 fully saturated rings. The van der Waals surface area contributed by atoms with Crippen LogP contribution in [0.3, 0.4) is 0 Å². The van der Waals surface area contributed by atoms with Gasteiger partial charge in [0.1, 0.15) is 0 Å². The zero-order chi connectivity index (χ0) is 14.0.